The van der Waals surface area contributed by atoms with Crippen LogP contribution in [-0.4, -0.2) is 17.0 Å². The van der Waals surface area contributed by atoms with Gasteiger partial charge >= 0.3 is 5.97 Å². The summed E-state index contributed by atoms with van der Waals surface area (Å²) in [6, 6.07) is 0. The van der Waals surface area contributed by atoms with Gasteiger partial charge in [0.25, 0.3) is 0 Å². The average Bonchev–Trinajstić information content (AvgIpc) is 2.50. The van der Waals surface area contributed by atoms with E-state index in [0.29, 0.717) is 6.42 Å². The lowest BCUT2D eigenvalue weighted by Gasteiger charge is -2.03. The Kier molecular flexibility index (Phi) is 18.6. The lowest BCUT2D eigenvalue weighted by Crippen LogP contribution is -1.93. The Morgan fingerprint density at radius 2 is 0.818 bits per heavy atom. The quantitative estimate of drug-likeness (QED) is 0.218. The number of unbranched alkanes of at least 4 members (excludes halogenated alkanes) is 15. The van der Waals surface area contributed by atoms with E-state index in [-0.39, 0.29) is 0 Å². The van der Waals surface area contributed by atoms with Crippen LogP contribution >= 0.6 is 11.6 Å². The maximum Gasteiger partial charge on any atom is 0.303 e. The van der Waals surface area contributed by atoms with Crippen molar-refractivity contribution in [2.75, 3.05) is 5.88 Å². The van der Waals surface area contributed by atoms with Crippen LogP contribution in [0.2, 0.25) is 0 Å². The van der Waals surface area contributed by atoms with E-state index in [1.807, 2.05) is 0 Å². The van der Waals surface area contributed by atoms with Gasteiger partial charge in [-0.2, -0.15) is 0 Å². The van der Waals surface area contributed by atoms with Crippen LogP contribution in [0, 0.1) is 0 Å². The summed E-state index contributed by atoms with van der Waals surface area (Å²) in [5, 5.41) is 8.53. The molecule has 0 rings (SSSR count). The van der Waals surface area contributed by atoms with Gasteiger partial charge in [0.1, 0.15) is 0 Å². The van der Waals surface area contributed by atoms with Crippen molar-refractivity contribution in [3.05, 3.63) is 0 Å². The monoisotopic (exact) mass is 332 g/mol. The molecule has 0 fully saturated rings. The minimum absolute atomic E-state index is 0.340. The first kappa shape index (κ1) is 21.8. The number of halogens is 1. The molecule has 0 bridgehead atoms. The van der Waals surface area contributed by atoms with E-state index in [9.17, 15) is 4.79 Å². The molecule has 0 spiro atoms. The van der Waals surface area contributed by atoms with E-state index >= 15 is 0 Å². The minimum Gasteiger partial charge on any atom is -0.481 e. The van der Waals surface area contributed by atoms with Gasteiger partial charge in [-0.25, -0.2) is 0 Å². The SMILES string of the molecule is O=C(O)CCCCCCCCCCCCCCCCCCCl. The molecule has 132 valence electrons. The summed E-state index contributed by atoms with van der Waals surface area (Å²) in [6.07, 6.45) is 21.1. The van der Waals surface area contributed by atoms with Crippen LogP contribution in [0.15, 0.2) is 0 Å². The summed E-state index contributed by atoms with van der Waals surface area (Å²) in [6.45, 7) is 0. The molecule has 0 aliphatic carbocycles. The summed E-state index contributed by atoms with van der Waals surface area (Å²) in [5.74, 6) is 0.165. The number of carboxylic acid groups (broad SMARTS) is 1. The second-order valence-corrected chi connectivity index (χ2v) is 6.87. The van der Waals surface area contributed by atoms with Crippen molar-refractivity contribution in [2.24, 2.45) is 0 Å². The molecule has 0 radical (unpaired) electrons. The molecule has 0 saturated carbocycles. The highest BCUT2D eigenvalue weighted by Crippen LogP contribution is 2.14. The predicted octanol–water partition coefficient (Wildman–Crippen LogP) is 6.94. The fraction of sp³-hybridized carbons (Fsp3) is 0.947. The summed E-state index contributed by atoms with van der Waals surface area (Å²) in [5.41, 5.74) is 0. The van der Waals surface area contributed by atoms with Gasteiger partial charge in [0.15, 0.2) is 0 Å². The lowest BCUT2D eigenvalue weighted by atomic mass is 10.0. The van der Waals surface area contributed by atoms with Crippen LogP contribution in [0.25, 0.3) is 0 Å². The molecule has 22 heavy (non-hydrogen) atoms. The molecular weight excluding hydrogens is 296 g/mol. The number of carbonyl (C=O) groups is 1. The normalized spacial score (nSPS) is 11.0. The summed E-state index contributed by atoms with van der Waals surface area (Å²) < 4.78 is 0. The molecule has 0 atom stereocenters. The number of carboxylic acids is 1. The summed E-state index contributed by atoms with van der Waals surface area (Å²) in [7, 11) is 0. The van der Waals surface area contributed by atoms with Crippen molar-refractivity contribution in [1.82, 2.24) is 0 Å². The Morgan fingerprint density at radius 1 is 0.545 bits per heavy atom. The topological polar surface area (TPSA) is 37.3 Å². The van der Waals surface area contributed by atoms with Crippen molar-refractivity contribution < 1.29 is 9.90 Å². The third-order valence-corrected chi connectivity index (χ3v) is 4.54. The van der Waals surface area contributed by atoms with Gasteiger partial charge in [0.05, 0.1) is 0 Å². The van der Waals surface area contributed by atoms with E-state index in [1.54, 1.807) is 0 Å². The van der Waals surface area contributed by atoms with Crippen LogP contribution in [0.4, 0.5) is 0 Å². The standard InChI is InChI=1S/C19H37ClO2/c20-18-16-14-12-10-8-6-4-2-1-3-5-7-9-11-13-15-17-19(21)22/h1-18H2,(H,21,22). The predicted molar refractivity (Wildman–Crippen MR) is 96.8 cm³/mol. The van der Waals surface area contributed by atoms with Crippen LogP contribution in [0.3, 0.4) is 0 Å². The van der Waals surface area contributed by atoms with Crippen LogP contribution in [0.1, 0.15) is 109 Å². The molecule has 0 aromatic heterocycles. The highest BCUT2D eigenvalue weighted by atomic mass is 35.5. The highest BCUT2D eigenvalue weighted by Gasteiger charge is 1.97. The van der Waals surface area contributed by atoms with Crippen LogP contribution < -0.4 is 0 Å². The van der Waals surface area contributed by atoms with Crippen molar-refractivity contribution in [1.29, 1.82) is 0 Å². The van der Waals surface area contributed by atoms with Gasteiger partial charge in [-0.15, -0.1) is 11.6 Å². The molecule has 0 aliphatic rings. The maximum absolute atomic E-state index is 10.4. The van der Waals surface area contributed by atoms with Crippen LogP contribution in [-0.2, 0) is 4.79 Å². The zero-order chi connectivity index (χ0) is 16.3. The van der Waals surface area contributed by atoms with Crippen molar-refractivity contribution in [2.45, 2.75) is 109 Å². The molecule has 0 saturated heterocycles. The molecule has 0 aromatic carbocycles. The third kappa shape index (κ3) is 19.8. The number of hydrogen-bond donors (Lipinski definition) is 1. The Labute approximate surface area is 143 Å². The molecule has 0 amide bonds. The molecule has 0 unspecified atom stereocenters. The van der Waals surface area contributed by atoms with E-state index in [1.165, 1.54) is 89.9 Å². The highest BCUT2D eigenvalue weighted by molar-refractivity contribution is 6.17. The van der Waals surface area contributed by atoms with Gasteiger partial charge in [-0.1, -0.05) is 89.9 Å². The van der Waals surface area contributed by atoms with Crippen LogP contribution in [0.5, 0.6) is 0 Å². The largest absolute Gasteiger partial charge is 0.481 e. The summed E-state index contributed by atoms with van der Waals surface area (Å²) >= 11 is 5.66. The third-order valence-electron chi connectivity index (χ3n) is 4.27. The van der Waals surface area contributed by atoms with E-state index in [2.05, 4.69) is 0 Å². The first-order valence-electron chi connectivity index (χ1n) is 9.55. The fourth-order valence-corrected chi connectivity index (χ4v) is 3.03. The van der Waals surface area contributed by atoms with Gasteiger partial charge in [-0.3, -0.25) is 4.79 Å². The molecular formula is C19H37ClO2. The molecule has 0 aromatic rings. The molecule has 1 N–H and O–H groups in total. The van der Waals surface area contributed by atoms with Gasteiger partial charge in [0, 0.05) is 12.3 Å². The first-order valence-corrected chi connectivity index (χ1v) is 10.1. The van der Waals surface area contributed by atoms with E-state index in [0.717, 1.165) is 18.7 Å². The Balaban J connectivity index is 2.95. The molecule has 0 heterocycles. The smallest absolute Gasteiger partial charge is 0.303 e. The number of rotatable bonds is 18. The Morgan fingerprint density at radius 3 is 1.09 bits per heavy atom. The van der Waals surface area contributed by atoms with Gasteiger partial charge < -0.3 is 5.11 Å². The van der Waals surface area contributed by atoms with Crippen molar-refractivity contribution >= 4 is 17.6 Å². The fourth-order valence-electron chi connectivity index (χ4n) is 2.85. The lowest BCUT2D eigenvalue weighted by molar-refractivity contribution is -0.137. The average molecular weight is 333 g/mol. The number of aliphatic carboxylic acids is 1. The molecule has 3 heteroatoms. The number of alkyl halides is 1. The van der Waals surface area contributed by atoms with Gasteiger partial charge in [0.2, 0.25) is 0 Å². The molecule has 2 nitrogen and oxygen atoms in total. The Bertz CT molecular complexity index is 231. The zero-order valence-corrected chi connectivity index (χ0v) is 15.2. The van der Waals surface area contributed by atoms with E-state index in [4.69, 9.17) is 16.7 Å². The molecule has 0 aliphatic heterocycles. The first-order chi connectivity index (χ1) is 10.8. The zero-order valence-electron chi connectivity index (χ0n) is 14.5. The van der Waals surface area contributed by atoms with Gasteiger partial charge in [-0.05, 0) is 12.8 Å². The second-order valence-electron chi connectivity index (χ2n) is 6.49. The number of hydrogen-bond acceptors (Lipinski definition) is 1. The van der Waals surface area contributed by atoms with Crippen molar-refractivity contribution in [3.63, 3.8) is 0 Å². The minimum atomic E-state index is -0.657. The Hall–Kier alpha value is -0.240. The van der Waals surface area contributed by atoms with E-state index < -0.39 is 5.97 Å². The van der Waals surface area contributed by atoms with Crippen molar-refractivity contribution in [3.8, 4) is 0 Å². The maximum atomic E-state index is 10.4. The summed E-state index contributed by atoms with van der Waals surface area (Å²) in [4.78, 5) is 10.4. The second kappa shape index (κ2) is 18.8.